The predicted octanol–water partition coefficient (Wildman–Crippen LogP) is 8.18. The van der Waals surface area contributed by atoms with Gasteiger partial charge in [-0.15, -0.1) is 0 Å². The Bertz CT molecular complexity index is 1480. The summed E-state index contributed by atoms with van der Waals surface area (Å²) in [7, 11) is 0. The van der Waals surface area contributed by atoms with E-state index < -0.39 is 0 Å². The molecule has 0 fully saturated rings. The van der Waals surface area contributed by atoms with Gasteiger partial charge in [0.05, 0.1) is 35.3 Å². The van der Waals surface area contributed by atoms with Crippen LogP contribution in [0.1, 0.15) is 32.1 Å². The van der Waals surface area contributed by atoms with E-state index in [1.807, 2.05) is 72.8 Å². The van der Waals surface area contributed by atoms with Gasteiger partial charge < -0.3 is 19.4 Å². The number of unbranched alkanes of at least 4 members (excludes halogenated alkanes) is 4. The Kier molecular flexibility index (Phi) is 7.52. The third-order valence-corrected chi connectivity index (χ3v) is 6.82. The number of aromatic amines is 2. The van der Waals surface area contributed by atoms with E-state index in [9.17, 15) is 0 Å². The molecular formula is C33H32N4O2. The molecule has 196 valence electrons. The van der Waals surface area contributed by atoms with Gasteiger partial charge in [-0.3, -0.25) is 0 Å². The van der Waals surface area contributed by atoms with Gasteiger partial charge in [0, 0.05) is 11.1 Å². The lowest BCUT2D eigenvalue weighted by molar-refractivity contribution is 0.293. The molecule has 0 amide bonds. The van der Waals surface area contributed by atoms with E-state index in [2.05, 4.69) is 44.2 Å². The Morgan fingerprint density at radius 1 is 0.487 bits per heavy atom. The highest BCUT2D eigenvalue weighted by atomic mass is 16.5. The lowest BCUT2D eigenvalue weighted by Gasteiger charge is -2.08. The zero-order valence-electron chi connectivity index (χ0n) is 21.9. The van der Waals surface area contributed by atoms with Crippen LogP contribution in [0.15, 0.2) is 97.1 Å². The topological polar surface area (TPSA) is 75.8 Å². The second-order valence-corrected chi connectivity index (χ2v) is 9.73. The molecular weight excluding hydrogens is 484 g/mol. The van der Waals surface area contributed by atoms with E-state index >= 15 is 0 Å². The van der Waals surface area contributed by atoms with Crippen LogP contribution in [0.2, 0.25) is 0 Å². The molecule has 0 unspecified atom stereocenters. The number of para-hydroxylation sites is 4. The average Bonchev–Trinajstić information content (AvgIpc) is 3.61. The summed E-state index contributed by atoms with van der Waals surface area (Å²) in [6.45, 7) is 1.43. The maximum atomic E-state index is 6.02. The first kappa shape index (κ1) is 24.7. The number of fused-ring (bicyclic) bond motifs is 2. The Labute approximate surface area is 228 Å². The van der Waals surface area contributed by atoms with E-state index in [1.165, 1.54) is 6.42 Å². The fourth-order valence-electron chi connectivity index (χ4n) is 4.76. The first-order valence-electron chi connectivity index (χ1n) is 13.7. The van der Waals surface area contributed by atoms with Crippen LogP contribution >= 0.6 is 0 Å². The minimum Gasteiger partial charge on any atom is -0.494 e. The molecule has 0 aliphatic carbocycles. The summed E-state index contributed by atoms with van der Waals surface area (Å²) >= 11 is 0. The lowest BCUT2D eigenvalue weighted by atomic mass is 10.1. The Morgan fingerprint density at radius 2 is 0.949 bits per heavy atom. The summed E-state index contributed by atoms with van der Waals surface area (Å²) in [5.41, 5.74) is 6.10. The number of rotatable bonds is 12. The maximum absolute atomic E-state index is 6.02. The molecule has 0 spiro atoms. The van der Waals surface area contributed by atoms with Crippen molar-refractivity contribution < 1.29 is 9.47 Å². The van der Waals surface area contributed by atoms with Crippen molar-refractivity contribution in [3.05, 3.63) is 97.1 Å². The number of ether oxygens (including phenoxy) is 2. The van der Waals surface area contributed by atoms with Crippen LogP contribution in [0.25, 0.3) is 44.8 Å². The van der Waals surface area contributed by atoms with Gasteiger partial charge in [-0.2, -0.15) is 0 Å². The molecule has 0 bridgehead atoms. The van der Waals surface area contributed by atoms with Crippen LogP contribution in [0, 0.1) is 0 Å². The Balaban J connectivity index is 0.891. The fraction of sp³-hybridized carbons (Fsp3) is 0.212. The standard InChI is InChI=1S/C33H32N4O2/c1(2-8-20-38-26-14-10-12-24(22-26)32-34-28-16-4-5-17-29(28)35-32)3-9-21-39-27-15-11-13-25(23-27)33-36-30-18-6-7-19-31(30)37-33/h4-7,10-19,22-23H,1-3,8-9,20-21H2,(H,34,35)(H,36,37). The molecule has 0 aliphatic rings. The second-order valence-electron chi connectivity index (χ2n) is 9.73. The van der Waals surface area contributed by atoms with Crippen molar-refractivity contribution in [2.45, 2.75) is 32.1 Å². The van der Waals surface area contributed by atoms with Crippen LogP contribution in [0.5, 0.6) is 11.5 Å². The van der Waals surface area contributed by atoms with Gasteiger partial charge in [-0.25, -0.2) is 9.97 Å². The molecule has 2 aromatic heterocycles. The SMILES string of the molecule is c1cc(OCCCCCCCOc2cccc(-c3nc4ccccc4[nH]3)c2)cc(-c2nc3ccccc3[nH]2)c1. The monoisotopic (exact) mass is 516 g/mol. The third kappa shape index (κ3) is 6.12. The first-order valence-corrected chi connectivity index (χ1v) is 13.7. The van der Waals surface area contributed by atoms with E-state index in [4.69, 9.17) is 9.47 Å². The van der Waals surface area contributed by atoms with Gasteiger partial charge in [0.2, 0.25) is 0 Å². The fourth-order valence-corrected chi connectivity index (χ4v) is 4.76. The smallest absolute Gasteiger partial charge is 0.138 e. The number of hydrogen-bond donors (Lipinski definition) is 2. The zero-order valence-corrected chi connectivity index (χ0v) is 21.9. The molecule has 6 rings (SSSR count). The minimum absolute atomic E-state index is 0.717. The van der Waals surface area contributed by atoms with Crippen molar-refractivity contribution in [3.8, 4) is 34.3 Å². The Hall–Kier alpha value is -4.58. The molecule has 6 aromatic rings. The molecule has 0 radical (unpaired) electrons. The van der Waals surface area contributed by atoms with Crippen molar-refractivity contribution in [1.29, 1.82) is 0 Å². The molecule has 6 heteroatoms. The van der Waals surface area contributed by atoms with E-state index in [-0.39, 0.29) is 0 Å². The zero-order chi connectivity index (χ0) is 26.3. The summed E-state index contributed by atoms with van der Waals surface area (Å²) in [6.07, 6.45) is 5.53. The summed E-state index contributed by atoms with van der Waals surface area (Å²) in [6, 6.07) is 32.4. The molecule has 4 aromatic carbocycles. The van der Waals surface area contributed by atoms with Crippen molar-refractivity contribution in [2.75, 3.05) is 13.2 Å². The number of imidazole rings is 2. The van der Waals surface area contributed by atoms with E-state index in [0.29, 0.717) is 13.2 Å². The summed E-state index contributed by atoms with van der Waals surface area (Å²) in [5, 5.41) is 0. The van der Waals surface area contributed by atoms with Gasteiger partial charge >= 0.3 is 0 Å². The van der Waals surface area contributed by atoms with Crippen LogP contribution < -0.4 is 9.47 Å². The maximum Gasteiger partial charge on any atom is 0.138 e. The van der Waals surface area contributed by atoms with Crippen molar-refractivity contribution in [1.82, 2.24) is 19.9 Å². The second kappa shape index (κ2) is 11.9. The molecule has 0 aliphatic heterocycles. The number of nitrogens with zero attached hydrogens (tertiary/aromatic N) is 2. The molecule has 2 N–H and O–H groups in total. The van der Waals surface area contributed by atoms with Crippen LogP contribution in [0.3, 0.4) is 0 Å². The number of hydrogen-bond acceptors (Lipinski definition) is 4. The highest BCUT2D eigenvalue weighted by Crippen LogP contribution is 2.25. The number of nitrogens with one attached hydrogen (secondary N) is 2. The van der Waals surface area contributed by atoms with Crippen LogP contribution in [-0.4, -0.2) is 33.1 Å². The van der Waals surface area contributed by atoms with E-state index in [0.717, 1.165) is 82.0 Å². The minimum atomic E-state index is 0.717. The third-order valence-electron chi connectivity index (χ3n) is 6.82. The molecule has 39 heavy (non-hydrogen) atoms. The lowest BCUT2D eigenvalue weighted by Crippen LogP contribution is -1.99. The highest BCUT2D eigenvalue weighted by Gasteiger charge is 2.07. The molecule has 0 saturated carbocycles. The molecule has 6 nitrogen and oxygen atoms in total. The van der Waals surface area contributed by atoms with Crippen molar-refractivity contribution in [2.24, 2.45) is 0 Å². The largest absolute Gasteiger partial charge is 0.494 e. The predicted molar refractivity (Wildman–Crippen MR) is 157 cm³/mol. The number of aromatic nitrogens is 4. The number of H-pyrrole nitrogens is 2. The van der Waals surface area contributed by atoms with Crippen molar-refractivity contribution >= 4 is 22.1 Å². The highest BCUT2D eigenvalue weighted by molar-refractivity contribution is 5.80. The van der Waals surface area contributed by atoms with Crippen LogP contribution in [0.4, 0.5) is 0 Å². The van der Waals surface area contributed by atoms with Gasteiger partial charge in [0.1, 0.15) is 23.1 Å². The molecule has 0 atom stereocenters. The van der Waals surface area contributed by atoms with Gasteiger partial charge in [-0.05, 0) is 61.4 Å². The number of benzene rings is 4. The van der Waals surface area contributed by atoms with Crippen molar-refractivity contribution in [3.63, 3.8) is 0 Å². The first-order chi connectivity index (χ1) is 19.3. The van der Waals surface area contributed by atoms with Gasteiger partial charge in [-0.1, -0.05) is 67.8 Å². The summed E-state index contributed by atoms with van der Waals surface area (Å²) in [4.78, 5) is 16.1. The quantitative estimate of drug-likeness (QED) is 0.161. The van der Waals surface area contributed by atoms with Gasteiger partial charge in [0.25, 0.3) is 0 Å². The van der Waals surface area contributed by atoms with Gasteiger partial charge in [0.15, 0.2) is 0 Å². The van der Waals surface area contributed by atoms with E-state index in [1.54, 1.807) is 0 Å². The Morgan fingerprint density at radius 3 is 1.44 bits per heavy atom. The summed E-state index contributed by atoms with van der Waals surface area (Å²) < 4.78 is 12.0. The summed E-state index contributed by atoms with van der Waals surface area (Å²) in [5.74, 6) is 3.49. The average molecular weight is 517 g/mol. The molecule has 2 heterocycles. The normalized spacial score (nSPS) is 11.3. The van der Waals surface area contributed by atoms with Crippen LogP contribution in [-0.2, 0) is 0 Å². The molecule has 0 saturated heterocycles.